The van der Waals surface area contributed by atoms with Crippen molar-refractivity contribution in [3.63, 3.8) is 0 Å². The van der Waals surface area contributed by atoms with E-state index in [-0.39, 0.29) is 10.8 Å². The van der Waals surface area contributed by atoms with E-state index < -0.39 is 16.1 Å². The van der Waals surface area contributed by atoms with Crippen molar-refractivity contribution in [3.8, 4) is 0 Å². The number of aryl methyl sites for hydroxylation is 1. The van der Waals surface area contributed by atoms with Crippen LogP contribution in [0.3, 0.4) is 0 Å². The Kier molecular flexibility index (Phi) is 4.93. The van der Waals surface area contributed by atoms with Gasteiger partial charge in [-0.25, -0.2) is 13.1 Å². The normalized spacial score (nSPS) is 13.3. The summed E-state index contributed by atoms with van der Waals surface area (Å²) < 4.78 is 27.4. The van der Waals surface area contributed by atoms with Crippen LogP contribution < -0.4 is 4.72 Å². The molecule has 0 aliphatic rings. The van der Waals surface area contributed by atoms with Gasteiger partial charge in [-0.05, 0) is 24.1 Å². The van der Waals surface area contributed by atoms with Crippen LogP contribution in [-0.4, -0.2) is 20.1 Å². The molecule has 108 valence electrons. The Hall–Kier alpha value is -1.21. The number of hydrogen-bond donors (Lipinski definition) is 2. The molecule has 0 amide bonds. The van der Waals surface area contributed by atoms with E-state index in [1.165, 1.54) is 11.3 Å². The first-order valence-corrected chi connectivity index (χ1v) is 8.63. The van der Waals surface area contributed by atoms with Crippen LogP contribution in [0.1, 0.15) is 23.4 Å². The summed E-state index contributed by atoms with van der Waals surface area (Å²) in [6.45, 7) is 1.70. The predicted octanol–water partition coefficient (Wildman–Crippen LogP) is 2.32. The van der Waals surface area contributed by atoms with Gasteiger partial charge in [0.2, 0.25) is 0 Å². The Morgan fingerprint density at radius 3 is 2.45 bits per heavy atom. The zero-order chi connectivity index (χ0) is 14.6. The Morgan fingerprint density at radius 1 is 1.20 bits per heavy atom. The van der Waals surface area contributed by atoms with Crippen molar-refractivity contribution >= 4 is 21.4 Å². The van der Waals surface area contributed by atoms with Crippen molar-refractivity contribution in [2.75, 3.05) is 6.61 Å². The third-order valence-electron chi connectivity index (χ3n) is 2.93. The van der Waals surface area contributed by atoms with Crippen LogP contribution in [0.4, 0.5) is 0 Å². The van der Waals surface area contributed by atoms with Crippen molar-refractivity contribution in [2.45, 2.75) is 23.6 Å². The average molecular weight is 311 g/mol. The average Bonchev–Trinajstić information content (AvgIpc) is 2.95. The fourth-order valence-electron chi connectivity index (χ4n) is 1.83. The number of aliphatic hydroxyl groups excluding tert-OH is 1. The van der Waals surface area contributed by atoms with Gasteiger partial charge >= 0.3 is 0 Å². The van der Waals surface area contributed by atoms with Gasteiger partial charge in [0.05, 0.1) is 12.6 Å². The predicted molar refractivity (Wildman–Crippen MR) is 80.3 cm³/mol. The van der Waals surface area contributed by atoms with E-state index in [1.807, 2.05) is 31.2 Å². The minimum Gasteiger partial charge on any atom is -0.394 e. The molecule has 2 N–H and O–H groups in total. The van der Waals surface area contributed by atoms with Gasteiger partial charge in [-0.15, -0.1) is 11.3 Å². The molecule has 20 heavy (non-hydrogen) atoms. The van der Waals surface area contributed by atoms with E-state index in [4.69, 9.17) is 0 Å². The first-order chi connectivity index (χ1) is 9.56. The third-order valence-corrected chi connectivity index (χ3v) is 6.13. The molecule has 1 unspecified atom stereocenters. The molecule has 0 radical (unpaired) electrons. The molecule has 0 saturated heterocycles. The number of aliphatic hydroxyl groups is 1. The fourth-order valence-corrected chi connectivity index (χ4v) is 4.36. The van der Waals surface area contributed by atoms with Gasteiger partial charge in [0.15, 0.2) is 0 Å². The zero-order valence-electron chi connectivity index (χ0n) is 11.1. The first kappa shape index (κ1) is 15.2. The molecule has 0 bridgehead atoms. The standard InChI is InChI=1S/C14H17NO3S2/c1-2-12-8-9-14(19-12)20(17,18)15-13(10-16)11-6-4-3-5-7-11/h3-9,13,15-16H,2,10H2,1H3. The van der Waals surface area contributed by atoms with E-state index in [2.05, 4.69) is 4.72 Å². The van der Waals surface area contributed by atoms with Gasteiger partial charge in [-0.2, -0.15) is 0 Å². The smallest absolute Gasteiger partial charge is 0.250 e. The van der Waals surface area contributed by atoms with Crippen molar-refractivity contribution in [1.82, 2.24) is 4.72 Å². The monoisotopic (exact) mass is 311 g/mol. The fraction of sp³-hybridized carbons (Fsp3) is 0.286. The maximum absolute atomic E-state index is 12.3. The number of hydrogen-bond acceptors (Lipinski definition) is 4. The molecule has 2 rings (SSSR count). The highest BCUT2D eigenvalue weighted by atomic mass is 32.2. The molecule has 1 atom stereocenters. The summed E-state index contributed by atoms with van der Waals surface area (Å²) in [7, 11) is -3.60. The molecular formula is C14H17NO3S2. The summed E-state index contributed by atoms with van der Waals surface area (Å²) in [5.74, 6) is 0. The summed E-state index contributed by atoms with van der Waals surface area (Å²) in [4.78, 5) is 1.02. The molecule has 6 heteroatoms. The molecular weight excluding hydrogens is 294 g/mol. The minimum atomic E-state index is -3.60. The largest absolute Gasteiger partial charge is 0.394 e. The molecule has 0 aliphatic carbocycles. The van der Waals surface area contributed by atoms with Gasteiger partial charge in [0, 0.05) is 4.88 Å². The van der Waals surface area contributed by atoms with E-state index in [1.54, 1.807) is 18.2 Å². The second kappa shape index (κ2) is 6.49. The molecule has 0 spiro atoms. The molecule has 1 aromatic heterocycles. The van der Waals surface area contributed by atoms with Crippen LogP contribution in [-0.2, 0) is 16.4 Å². The number of rotatable bonds is 6. The second-order valence-electron chi connectivity index (χ2n) is 4.34. The van der Waals surface area contributed by atoms with Crippen LogP contribution in [0, 0.1) is 0 Å². The van der Waals surface area contributed by atoms with Crippen LogP contribution in [0.2, 0.25) is 0 Å². The molecule has 2 aromatic rings. The van der Waals surface area contributed by atoms with Crippen molar-refractivity contribution in [3.05, 3.63) is 52.9 Å². The van der Waals surface area contributed by atoms with Gasteiger partial charge in [0.25, 0.3) is 10.0 Å². The van der Waals surface area contributed by atoms with Gasteiger partial charge in [-0.3, -0.25) is 0 Å². The number of nitrogens with one attached hydrogen (secondary N) is 1. The Morgan fingerprint density at radius 2 is 1.90 bits per heavy atom. The number of thiophene rings is 1. The summed E-state index contributed by atoms with van der Waals surface area (Å²) in [5.41, 5.74) is 0.742. The number of benzene rings is 1. The molecule has 4 nitrogen and oxygen atoms in total. The lowest BCUT2D eigenvalue weighted by Crippen LogP contribution is -2.30. The summed E-state index contributed by atoms with van der Waals surface area (Å²) in [6, 6.07) is 11.8. The second-order valence-corrected chi connectivity index (χ2v) is 7.45. The Labute approximate surface area is 123 Å². The summed E-state index contributed by atoms with van der Waals surface area (Å²) in [5, 5.41) is 9.42. The quantitative estimate of drug-likeness (QED) is 0.860. The lowest BCUT2D eigenvalue weighted by atomic mass is 10.1. The highest BCUT2D eigenvalue weighted by molar-refractivity contribution is 7.91. The van der Waals surface area contributed by atoms with E-state index >= 15 is 0 Å². The van der Waals surface area contributed by atoms with Crippen LogP contribution in [0.25, 0.3) is 0 Å². The SMILES string of the molecule is CCc1ccc(S(=O)(=O)NC(CO)c2ccccc2)s1. The Bertz CT molecular complexity index is 650. The molecule has 0 saturated carbocycles. The van der Waals surface area contributed by atoms with E-state index in [0.29, 0.717) is 0 Å². The maximum Gasteiger partial charge on any atom is 0.250 e. The molecule has 1 heterocycles. The lowest BCUT2D eigenvalue weighted by Gasteiger charge is -2.16. The lowest BCUT2D eigenvalue weighted by molar-refractivity contribution is 0.259. The van der Waals surface area contributed by atoms with Gasteiger partial charge in [-0.1, -0.05) is 37.3 Å². The van der Waals surface area contributed by atoms with E-state index in [0.717, 1.165) is 16.9 Å². The van der Waals surface area contributed by atoms with Crippen molar-refractivity contribution in [1.29, 1.82) is 0 Å². The third kappa shape index (κ3) is 3.46. The highest BCUT2D eigenvalue weighted by Crippen LogP contribution is 2.24. The van der Waals surface area contributed by atoms with Crippen molar-refractivity contribution < 1.29 is 13.5 Å². The molecule has 0 aliphatic heterocycles. The van der Waals surface area contributed by atoms with Gasteiger partial charge in [0.1, 0.15) is 4.21 Å². The number of sulfonamides is 1. The highest BCUT2D eigenvalue weighted by Gasteiger charge is 2.22. The van der Waals surface area contributed by atoms with E-state index in [9.17, 15) is 13.5 Å². The summed E-state index contributed by atoms with van der Waals surface area (Å²) in [6.07, 6.45) is 0.808. The maximum atomic E-state index is 12.3. The van der Waals surface area contributed by atoms with Crippen molar-refractivity contribution in [2.24, 2.45) is 0 Å². The van der Waals surface area contributed by atoms with Crippen LogP contribution >= 0.6 is 11.3 Å². The van der Waals surface area contributed by atoms with Gasteiger partial charge < -0.3 is 5.11 Å². The zero-order valence-corrected chi connectivity index (χ0v) is 12.7. The molecule has 0 fully saturated rings. The minimum absolute atomic E-state index is 0.281. The van der Waals surface area contributed by atoms with Crippen LogP contribution in [0.5, 0.6) is 0 Å². The first-order valence-electron chi connectivity index (χ1n) is 6.33. The van der Waals surface area contributed by atoms with Crippen LogP contribution in [0.15, 0.2) is 46.7 Å². The topological polar surface area (TPSA) is 66.4 Å². The Balaban J connectivity index is 2.22. The summed E-state index contributed by atoms with van der Waals surface area (Å²) >= 11 is 1.26. The molecule has 1 aromatic carbocycles.